The average molecular weight is 227 g/mol. The molecule has 2 atom stereocenters. The molecule has 2 unspecified atom stereocenters. The van der Waals surface area contributed by atoms with Gasteiger partial charge in [-0.2, -0.15) is 0 Å². The lowest BCUT2D eigenvalue weighted by Crippen LogP contribution is -2.34. The molecule has 1 aromatic rings. The van der Waals surface area contributed by atoms with Gasteiger partial charge in [-0.05, 0) is 30.5 Å². The number of hydrogen-bond donors (Lipinski definition) is 1. The fourth-order valence-corrected chi connectivity index (χ4v) is 1.76. The van der Waals surface area contributed by atoms with E-state index in [4.69, 9.17) is 11.6 Å². The van der Waals surface area contributed by atoms with Gasteiger partial charge < -0.3 is 5.11 Å². The minimum Gasteiger partial charge on any atom is -0.390 e. The summed E-state index contributed by atoms with van der Waals surface area (Å²) >= 11 is 5.81. The molecule has 1 aromatic carbocycles. The fourth-order valence-electron chi connectivity index (χ4n) is 1.63. The van der Waals surface area contributed by atoms with Crippen molar-refractivity contribution in [3.05, 3.63) is 34.9 Å². The summed E-state index contributed by atoms with van der Waals surface area (Å²) in [5, 5.41) is 11.0. The van der Waals surface area contributed by atoms with Gasteiger partial charge in [0.05, 0.1) is 5.60 Å². The molecule has 0 aromatic heterocycles. The Bertz CT molecular complexity index is 303. The maximum Gasteiger partial charge on any atom is 0.0685 e. The number of hydrogen-bond acceptors (Lipinski definition) is 1. The standard InChI is InChI=1S/C13H19ClO/c1-4-10(2)13(3,15)9-11-5-7-12(14)8-6-11/h5-8,10,15H,4,9H2,1-3H3. The van der Waals surface area contributed by atoms with Crippen LogP contribution in [0.1, 0.15) is 32.8 Å². The van der Waals surface area contributed by atoms with Crippen molar-refractivity contribution in [3.63, 3.8) is 0 Å². The summed E-state index contributed by atoms with van der Waals surface area (Å²) in [6, 6.07) is 7.67. The molecule has 0 fully saturated rings. The molecule has 0 bridgehead atoms. The molecule has 1 nitrogen and oxygen atoms in total. The molecule has 2 heteroatoms. The lowest BCUT2D eigenvalue weighted by atomic mass is 9.83. The van der Waals surface area contributed by atoms with E-state index in [2.05, 4.69) is 13.8 Å². The van der Waals surface area contributed by atoms with E-state index in [0.717, 1.165) is 17.0 Å². The number of halogens is 1. The van der Waals surface area contributed by atoms with Gasteiger partial charge in [-0.25, -0.2) is 0 Å². The number of aliphatic hydroxyl groups is 1. The third-order valence-electron chi connectivity index (χ3n) is 3.15. The Morgan fingerprint density at radius 2 is 1.87 bits per heavy atom. The largest absolute Gasteiger partial charge is 0.390 e. The Kier molecular flexibility index (Phi) is 4.18. The Balaban J connectivity index is 2.72. The molecule has 1 N–H and O–H groups in total. The first-order valence-corrected chi connectivity index (χ1v) is 5.80. The van der Waals surface area contributed by atoms with Crippen LogP contribution < -0.4 is 0 Å². The van der Waals surface area contributed by atoms with E-state index in [1.165, 1.54) is 0 Å². The normalized spacial score (nSPS) is 17.1. The quantitative estimate of drug-likeness (QED) is 0.831. The van der Waals surface area contributed by atoms with Crippen molar-refractivity contribution in [1.29, 1.82) is 0 Å². The Morgan fingerprint density at radius 3 is 2.33 bits per heavy atom. The van der Waals surface area contributed by atoms with E-state index in [1.54, 1.807) is 0 Å². The van der Waals surface area contributed by atoms with Crippen LogP contribution in [0.3, 0.4) is 0 Å². The van der Waals surface area contributed by atoms with Crippen LogP contribution in [0.4, 0.5) is 0 Å². The first-order valence-electron chi connectivity index (χ1n) is 5.42. The summed E-state index contributed by atoms with van der Waals surface area (Å²) in [6.07, 6.45) is 1.67. The molecule has 84 valence electrons. The topological polar surface area (TPSA) is 20.2 Å². The van der Waals surface area contributed by atoms with E-state index in [1.807, 2.05) is 31.2 Å². The maximum atomic E-state index is 10.3. The minimum absolute atomic E-state index is 0.299. The van der Waals surface area contributed by atoms with Crippen LogP contribution in [0.2, 0.25) is 5.02 Å². The van der Waals surface area contributed by atoms with E-state index in [-0.39, 0.29) is 0 Å². The molecule has 0 amide bonds. The highest BCUT2D eigenvalue weighted by atomic mass is 35.5. The first-order chi connectivity index (χ1) is 6.95. The smallest absolute Gasteiger partial charge is 0.0685 e. The molecular formula is C13H19ClO. The molecule has 0 saturated carbocycles. The van der Waals surface area contributed by atoms with Crippen LogP contribution in [0.25, 0.3) is 0 Å². The highest BCUT2D eigenvalue weighted by molar-refractivity contribution is 6.30. The van der Waals surface area contributed by atoms with Crippen LogP contribution in [0.15, 0.2) is 24.3 Å². The van der Waals surface area contributed by atoms with Crippen molar-refractivity contribution >= 4 is 11.6 Å². The highest BCUT2D eigenvalue weighted by Crippen LogP contribution is 2.25. The Hall–Kier alpha value is -0.530. The second-order valence-electron chi connectivity index (χ2n) is 4.47. The van der Waals surface area contributed by atoms with E-state index in [0.29, 0.717) is 12.3 Å². The maximum absolute atomic E-state index is 10.3. The SMILES string of the molecule is CCC(C)C(C)(O)Cc1ccc(Cl)cc1. The zero-order valence-electron chi connectivity index (χ0n) is 9.63. The van der Waals surface area contributed by atoms with Gasteiger partial charge in [0.2, 0.25) is 0 Å². The van der Waals surface area contributed by atoms with Gasteiger partial charge in [-0.3, -0.25) is 0 Å². The van der Waals surface area contributed by atoms with E-state index < -0.39 is 5.60 Å². The van der Waals surface area contributed by atoms with Crippen LogP contribution >= 0.6 is 11.6 Å². The van der Waals surface area contributed by atoms with Gasteiger partial charge in [-0.1, -0.05) is 44.0 Å². The summed E-state index contributed by atoms with van der Waals surface area (Å²) in [6.45, 7) is 6.08. The molecule has 15 heavy (non-hydrogen) atoms. The summed E-state index contributed by atoms with van der Waals surface area (Å²) in [5.74, 6) is 0.299. The van der Waals surface area contributed by atoms with E-state index in [9.17, 15) is 5.11 Å². The van der Waals surface area contributed by atoms with Crippen LogP contribution in [-0.4, -0.2) is 10.7 Å². The molecule has 0 spiro atoms. The highest BCUT2D eigenvalue weighted by Gasteiger charge is 2.26. The molecule has 0 aliphatic rings. The summed E-state index contributed by atoms with van der Waals surface area (Å²) < 4.78 is 0. The van der Waals surface area contributed by atoms with Crippen LogP contribution in [0.5, 0.6) is 0 Å². The monoisotopic (exact) mass is 226 g/mol. The number of benzene rings is 1. The summed E-state index contributed by atoms with van der Waals surface area (Å²) in [5.41, 5.74) is 0.493. The molecular weight excluding hydrogens is 208 g/mol. The molecule has 0 radical (unpaired) electrons. The predicted octanol–water partition coefficient (Wildman–Crippen LogP) is 3.68. The van der Waals surface area contributed by atoms with Crippen LogP contribution in [0, 0.1) is 5.92 Å². The zero-order chi connectivity index (χ0) is 11.5. The fraction of sp³-hybridized carbons (Fsp3) is 0.538. The van der Waals surface area contributed by atoms with E-state index >= 15 is 0 Å². The van der Waals surface area contributed by atoms with Crippen molar-refractivity contribution in [2.24, 2.45) is 5.92 Å². The molecule has 0 aliphatic carbocycles. The summed E-state index contributed by atoms with van der Waals surface area (Å²) in [4.78, 5) is 0. The van der Waals surface area contributed by atoms with Crippen molar-refractivity contribution < 1.29 is 5.11 Å². The van der Waals surface area contributed by atoms with Crippen molar-refractivity contribution in [2.45, 2.75) is 39.2 Å². The minimum atomic E-state index is -0.636. The van der Waals surface area contributed by atoms with Crippen molar-refractivity contribution in [3.8, 4) is 0 Å². The predicted molar refractivity (Wildman–Crippen MR) is 65.2 cm³/mol. The van der Waals surface area contributed by atoms with Gasteiger partial charge in [0.25, 0.3) is 0 Å². The molecule has 0 heterocycles. The second-order valence-corrected chi connectivity index (χ2v) is 4.91. The molecule has 0 saturated heterocycles. The summed E-state index contributed by atoms with van der Waals surface area (Å²) in [7, 11) is 0. The molecule has 1 rings (SSSR count). The third-order valence-corrected chi connectivity index (χ3v) is 3.40. The van der Waals surface area contributed by atoms with Gasteiger partial charge >= 0.3 is 0 Å². The molecule has 0 aliphatic heterocycles. The van der Waals surface area contributed by atoms with Crippen LogP contribution in [-0.2, 0) is 6.42 Å². The Labute approximate surface area is 97.1 Å². The van der Waals surface area contributed by atoms with Gasteiger partial charge in [0, 0.05) is 11.4 Å². The third kappa shape index (κ3) is 3.51. The first kappa shape index (κ1) is 12.5. The zero-order valence-corrected chi connectivity index (χ0v) is 10.4. The lowest BCUT2D eigenvalue weighted by molar-refractivity contribution is 0.00517. The number of rotatable bonds is 4. The van der Waals surface area contributed by atoms with Crippen molar-refractivity contribution in [1.82, 2.24) is 0 Å². The van der Waals surface area contributed by atoms with Crippen molar-refractivity contribution in [2.75, 3.05) is 0 Å². The second kappa shape index (κ2) is 5.00. The van der Waals surface area contributed by atoms with Gasteiger partial charge in [0.15, 0.2) is 0 Å². The van der Waals surface area contributed by atoms with Gasteiger partial charge in [0.1, 0.15) is 0 Å². The lowest BCUT2D eigenvalue weighted by Gasteiger charge is -2.29. The Morgan fingerprint density at radius 1 is 1.33 bits per heavy atom. The van der Waals surface area contributed by atoms with Gasteiger partial charge in [-0.15, -0.1) is 0 Å². The average Bonchev–Trinajstić information content (AvgIpc) is 2.20.